The Hall–Kier alpha value is -3.43. The molecule has 0 saturated heterocycles. The van der Waals surface area contributed by atoms with Crippen LogP contribution in [0.5, 0.6) is 11.5 Å². The minimum atomic E-state index is 0. The quantitative estimate of drug-likeness (QED) is 0.142. The Kier molecular flexibility index (Phi) is 8.61. The predicted octanol–water partition coefficient (Wildman–Crippen LogP) is 5.85. The molecule has 34 heavy (non-hydrogen) atoms. The smallest absolute Gasteiger partial charge is 0.512 e. The first-order valence-corrected chi connectivity index (χ1v) is 11.0. The van der Waals surface area contributed by atoms with Gasteiger partial charge in [-0.25, -0.2) is 0 Å². The fourth-order valence-electron chi connectivity index (χ4n) is 3.69. The molecule has 0 amide bonds. The number of hydrogen-bond donors (Lipinski definition) is 0. The second-order valence-corrected chi connectivity index (χ2v) is 8.35. The van der Waals surface area contributed by atoms with E-state index in [0.29, 0.717) is 18.8 Å². The van der Waals surface area contributed by atoms with Gasteiger partial charge in [0.25, 0.3) is 0 Å². The van der Waals surface area contributed by atoms with Crippen LogP contribution in [-0.2, 0) is 30.3 Å². The molecule has 6 rings (SSSR count). The molecule has 4 heterocycles. The number of pyridine rings is 2. The molecule has 0 aliphatic carbocycles. The third-order valence-electron chi connectivity index (χ3n) is 5.21. The van der Waals surface area contributed by atoms with Gasteiger partial charge in [-0.1, -0.05) is 0 Å². The fourth-order valence-corrected chi connectivity index (χ4v) is 4.16. The summed E-state index contributed by atoms with van der Waals surface area (Å²) in [6.07, 6.45) is 7.28. The maximum Gasteiger partial charge on any atom is 1.00 e. The van der Waals surface area contributed by atoms with Crippen molar-refractivity contribution in [3.8, 4) is 39.8 Å². The van der Waals surface area contributed by atoms with Crippen molar-refractivity contribution in [3.63, 3.8) is 0 Å². The van der Waals surface area contributed by atoms with Crippen molar-refractivity contribution in [2.75, 3.05) is 0 Å². The van der Waals surface area contributed by atoms with Crippen LogP contribution in [0.3, 0.4) is 0 Å². The van der Waals surface area contributed by atoms with Crippen LogP contribution < -0.4 is 9.47 Å². The summed E-state index contributed by atoms with van der Waals surface area (Å²) in [6, 6.07) is 17.9. The molecule has 0 unspecified atom stereocenters. The van der Waals surface area contributed by atoms with Gasteiger partial charge in [0.2, 0.25) is 0 Å². The van der Waals surface area contributed by atoms with Crippen LogP contribution in [0, 0.1) is 26.7 Å². The van der Waals surface area contributed by atoms with Gasteiger partial charge in [-0.3, -0.25) is 9.97 Å². The summed E-state index contributed by atoms with van der Waals surface area (Å²) >= 11 is 2.29. The number of nitriles is 1. The zero-order chi connectivity index (χ0) is 23.2. The van der Waals surface area contributed by atoms with Crippen molar-refractivity contribution in [2.45, 2.75) is 13.2 Å². The van der Waals surface area contributed by atoms with Gasteiger partial charge in [-0.15, -0.1) is 0 Å². The molecule has 170 valence electrons. The fraction of sp³-hybridized carbons (Fsp3) is 0.0769. The third-order valence-corrected chi connectivity index (χ3v) is 5.88. The minimum Gasteiger partial charge on any atom is -0.512 e. The van der Waals surface area contributed by atoms with Gasteiger partial charge < -0.3 is 21.3 Å². The Labute approximate surface area is 221 Å². The van der Waals surface area contributed by atoms with Crippen LogP contribution in [0.1, 0.15) is 16.7 Å². The molecule has 0 spiro atoms. The zero-order valence-corrected chi connectivity index (χ0v) is 20.7. The SMILES string of the molecule is Ic1ccc2c(c1)OCc1cnccc1-2.N#Cc1ccc2c(c1)OCc1cnccc1-2.[C-]#N.[Cu+]. The Morgan fingerprint density at radius 1 is 0.765 bits per heavy atom. The second kappa shape index (κ2) is 11.6. The predicted molar refractivity (Wildman–Crippen MR) is 130 cm³/mol. The maximum atomic E-state index is 8.82. The van der Waals surface area contributed by atoms with Crippen molar-refractivity contribution < 1.29 is 26.5 Å². The average molecular weight is 607 g/mol. The molecule has 2 aliphatic rings. The van der Waals surface area contributed by atoms with Crippen molar-refractivity contribution in [1.29, 1.82) is 10.5 Å². The summed E-state index contributed by atoms with van der Waals surface area (Å²) in [5.74, 6) is 1.75. The molecule has 2 aromatic heterocycles. The van der Waals surface area contributed by atoms with Gasteiger partial charge in [0.15, 0.2) is 0 Å². The van der Waals surface area contributed by atoms with E-state index in [0.717, 1.165) is 33.8 Å². The molecule has 8 heteroatoms. The third kappa shape index (κ3) is 5.21. The van der Waals surface area contributed by atoms with E-state index < -0.39 is 0 Å². The molecule has 0 N–H and O–H groups in total. The number of nitrogens with zero attached hydrogens (tertiary/aromatic N) is 4. The molecule has 6 nitrogen and oxygen atoms in total. The van der Waals surface area contributed by atoms with E-state index >= 15 is 0 Å². The molecular weight excluding hydrogens is 591 g/mol. The van der Waals surface area contributed by atoms with Crippen molar-refractivity contribution in [3.05, 3.63) is 100 Å². The van der Waals surface area contributed by atoms with E-state index in [1.165, 1.54) is 14.7 Å². The van der Waals surface area contributed by atoms with E-state index in [4.69, 9.17) is 26.6 Å². The summed E-state index contributed by atoms with van der Waals surface area (Å²) in [4.78, 5) is 8.18. The summed E-state index contributed by atoms with van der Waals surface area (Å²) in [7, 11) is 0. The van der Waals surface area contributed by atoms with E-state index in [1.54, 1.807) is 18.3 Å². The molecule has 0 atom stereocenters. The van der Waals surface area contributed by atoms with Gasteiger partial charge in [0.05, 0.1) is 11.6 Å². The Bertz CT molecular complexity index is 1380. The summed E-state index contributed by atoms with van der Waals surface area (Å²) in [5.41, 5.74) is 7.44. The van der Waals surface area contributed by atoms with E-state index in [9.17, 15) is 0 Å². The molecule has 4 aromatic rings. The number of benzene rings is 2. The average Bonchev–Trinajstić information content (AvgIpc) is 2.89. The summed E-state index contributed by atoms with van der Waals surface area (Å²) in [5, 5.41) is 15.1. The second-order valence-electron chi connectivity index (χ2n) is 7.11. The Balaban J connectivity index is 0.000000173. The maximum absolute atomic E-state index is 8.82. The largest absolute Gasteiger partial charge is 1.00 e. The van der Waals surface area contributed by atoms with Crippen molar-refractivity contribution >= 4 is 22.6 Å². The molecule has 2 aromatic carbocycles. The number of ether oxygens (including phenoxy) is 2. The van der Waals surface area contributed by atoms with Crippen LogP contribution >= 0.6 is 22.6 Å². The summed E-state index contributed by atoms with van der Waals surface area (Å²) in [6.45, 7) is 5.89. The van der Waals surface area contributed by atoms with Gasteiger partial charge in [-0.05, 0) is 82.2 Å². The van der Waals surface area contributed by atoms with Gasteiger partial charge >= 0.3 is 17.1 Å². The Morgan fingerprint density at radius 2 is 1.29 bits per heavy atom. The van der Waals surface area contributed by atoms with Crippen molar-refractivity contribution in [2.24, 2.45) is 0 Å². The van der Waals surface area contributed by atoms with Crippen LogP contribution in [0.15, 0.2) is 73.3 Å². The minimum absolute atomic E-state index is 0. The van der Waals surface area contributed by atoms with Gasteiger partial charge in [-0.2, -0.15) is 5.26 Å². The number of rotatable bonds is 0. The van der Waals surface area contributed by atoms with Crippen LogP contribution in [0.25, 0.3) is 22.3 Å². The molecule has 0 radical (unpaired) electrons. The van der Waals surface area contributed by atoms with E-state index in [1.807, 2.05) is 36.8 Å². The zero-order valence-electron chi connectivity index (χ0n) is 17.6. The molecule has 0 fully saturated rings. The topological polar surface area (TPSA) is 91.8 Å². The normalized spacial score (nSPS) is 11.2. The Morgan fingerprint density at radius 3 is 1.85 bits per heavy atom. The van der Waals surface area contributed by atoms with Gasteiger partial charge in [0, 0.05) is 50.6 Å². The van der Waals surface area contributed by atoms with Crippen LogP contribution in [0.2, 0.25) is 0 Å². The van der Waals surface area contributed by atoms with Crippen LogP contribution in [-0.4, -0.2) is 9.97 Å². The molecule has 0 bridgehead atoms. The van der Waals surface area contributed by atoms with Gasteiger partial charge in [0.1, 0.15) is 24.7 Å². The number of aromatic nitrogens is 2. The molecular formula is C26H16CuIN4O2. The van der Waals surface area contributed by atoms with Crippen LogP contribution in [0.4, 0.5) is 0 Å². The van der Waals surface area contributed by atoms with Crippen molar-refractivity contribution in [1.82, 2.24) is 9.97 Å². The first-order chi connectivity index (χ1) is 16.2. The molecule has 2 aliphatic heterocycles. The first kappa shape index (κ1) is 25.2. The standard InChI is InChI=1S/C13H8N2O.C12H8INO.CN.Cu/c14-6-9-1-2-12-11-3-4-15-7-10(11)8-16-13(12)5-9;13-9-1-2-11-10-3-4-14-6-8(10)7-15-12(11)5-9;1-2;/h1-5,7H,8H2;1-6H,7H2;;/q;;-1;+1. The molecule has 0 saturated carbocycles. The number of fused-ring (bicyclic) bond motifs is 6. The number of hydrogen-bond acceptors (Lipinski definition) is 6. The number of halogens is 1. The summed E-state index contributed by atoms with van der Waals surface area (Å²) < 4.78 is 12.5. The first-order valence-electron chi connectivity index (χ1n) is 9.91. The van der Waals surface area contributed by atoms with E-state index in [-0.39, 0.29) is 17.1 Å². The van der Waals surface area contributed by atoms with E-state index in [2.05, 4.69) is 56.8 Å². The monoisotopic (exact) mass is 606 g/mol.